The summed E-state index contributed by atoms with van der Waals surface area (Å²) in [7, 11) is 1.50. The molecule has 0 unspecified atom stereocenters. The molecule has 2 nitrogen and oxygen atoms in total. The van der Waals surface area contributed by atoms with E-state index < -0.39 is 0 Å². The van der Waals surface area contributed by atoms with E-state index in [1.807, 2.05) is 12.1 Å². The summed E-state index contributed by atoms with van der Waals surface area (Å²) in [6.07, 6.45) is 2.12. The third kappa shape index (κ3) is 2.97. The minimum atomic E-state index is 0.789. The molecule has 1 aliphatic rings. The van der Waals surface area contributed by atoms with Gasteiger partial charge < -0.3 is 10.5 Å². The van der Waals surface area contributed by atoms with Crippen LogP contribution in [0.2, 0.25) is 5.02 Å². The van der Waals surface area contributed by atoms with Gasteiger partial charge in [-0.15, -0.1) is 0 Å². The third-order valence-corrected chi connectivity index (χ3v) is 3.62. The number of aryl methyl sites for hydroxylation is 2. The Balaban J connectivity index is 0.000000704. The zero-order valence-corrected chi connectivity index (χ0v) is 12.7. The summed E-state index contributed by atoms with van der Waals surface area (Å²) in [6, 6.07) is 12.4. The van der Waals surface area contributed by atoms with Crippen LogP contribution in [0.3, 0.4) is 0 Å². The Labute approximate surface area is 125 Å². The highest BCUT2D eigenvalue weighted by atomic mass is 35.5. The number of fused-ring (bicyclic) bond motifs is 1. The van der Waals surface area contributed by atoms with Gasteiger partial charge in [0.2, 0.25) is 0 Å². The molecule has 0 atom stereocenters. The summed E-state index contributed by atoms with van der Waals surface area (Å²) in [5.41, 5.74) is 9.30. The second-order valence-electron chi connectivity index (χ2n) is 4.71. The number of ether oxygens (including phenoxy) is 1. The van der Waals surface area contributed by atoms with Crippen molar-refractivity contribution in [2.24, 2.45) is 5.73 Å². The second kappa shape index (κ2) is 6.78. The third-order valence-electron chi connectivity index (χ3n) is 3.40. The molecule has 0 bridgehead atoms. The van der Waals surface area contributed by atoms with Gasteiger partial charge in [-0.05, 0) is 55.6 Å². The highest BCUT2D eigenvalue weighted by Crippen LogP contribution is 2.39. The van der Waals surface area contributed by atoms with Gasteiger partial charge in [-0.25, -0.2) is 0 Å². The maximum absolute atomic E-state index is 6.23. The molecule has 3 heteroatoms. The van der Waals surface area contributed by atoms with E-state index in [1.54, 1.807) is 0 Å². The van der Waals surface area contributed by atoms with Gasteiger partial charge in [0.1, 0.15) is 5.75 Å². The summed E-state index contributed by atoms with van der Waals surface area (Å²) in [5, 5.41) is 0.789. The van der Waals surface area contributed by atoms with Crippen LogP contribution >= 0.6 is 11.6 Å². The molecule has 0 saturated heterocycles. The number of halogens is 1. The van der Waals surface area contributed by atoms with Crippen LogP contribution in [0.5, 0.6) is 5.75 Å². The molecule has 0 radical (unpaired) electrons. The lowest BCUT2D eigenvalue weighted by Gasteiger charge is -2.21. The fraction of sp³-hybridized carbons (Fsp3) is 0.294. The highest BCUT2D eigenvalue weighted by Gasteiger charge is 2.17. The summed E-state index contributed by atoms with van der Waals surface area (Å²) in [4.78, 5) is 0. The summed E-state index contributed by atoms with van der Waals surface area (Å²) in [6.45, 7) is 2.92. The molecule has 2 aromatic carbocycles. The molecule has 0 aromatic heterocycles. The summed E-state index contributed by atoms with van der Waals surface area (Å²) < 4.78 is 5.86. The van der Waals surface area contributed by atoms with Crippen LogP contribution in [-0.2, 0) is 6.42 Å². The molecule has 1 aliphatic heterocycles. The average molecular weight is 290 g/mol. The monoisotopic (exact) mass is 289 g/mol. The maximum atomic E-state index is 6.23. The van der Waals surface area contributed by atoms with E-state index in [0.717, 1.165) is 35.8 Å². The minimum absolute atomic E-state index is 0.789. The predicted molar refractivity (Wildman–Crippen MR) is 85.6 cm³/mol. The lowest BCUT2D eigenvalue weighted by molar-refractivity contribution is 0.289. The van der Waals surface area contributed by atoms with Crippen LogP contribution in [0.1, 0.15) is 17.5 Å². The van der Waals surface area contributed by atoms with Crippen LogP contribution in [0, 0.1) is 6.92 Å². The predicted octanol–water partition coefficient (Wildman–Crippen LogP) is 4.22. The molecular weight excluding hydrogens is 270 g/mol. The lowest BCUT2D eigenvalue weighted by Crippen LogP contribution is -2.09. The van der Waals surface area contributed by atoms with Gasteiger partial charge in [0, 0.05) is 10.6 Å². The lowest BCUT2D eigenvalue weighted by atomic mass is 9.95. The summed E-state index contributed by atoms with van der Waals surface area (Å²) in [5.74, 6) is 1.01. The van der Waals surface area contributed by atoms with E-state index in [9.17, 15) is 0 Å². The molecule has 0 aliphatic carbocycles. The van der Waals surface area contributed by atoms with E-state index in [2.05, 4.69) is 36.9 Å². The summed E-state index contributed by atoms with van der Waals surface area (Å²) >= 11 is 6.23. The van der Waals surface area contributed by atoms with Crippen LogP contribution in [0.25, 0.3) is 11.1 Å². The first-order valence-corrected chi connectivity index (χ1v) is 7.22. The Bertz CT molecular complexity index is 596. The Hall–Kier alpha value is -1.51. The van der Waals surface area contributed by atoms with Gasteiger partial charge in [-0.1, -0.05) is 35.9 Å². The maximum Gasteiger partial charge on any atom is 0.130 e. The van der Waals surface area contributed by atoms with Gasteiger partial charge in [0.25, 0.3) is 0 Å². The van der Waals surface area contributed by atoms with E-state index in [0.29, 0.717) is 0 Å². The first kappa shape index (κ1) is 14.9. The molecule has 0 amide bonds. The van der Waals surface area contributed by atoms with Crippen molar-refractivity contribution in [1.29, 1.82) is 0 Å². The second-order valence-corrected chi connectivity index (χ2v) is 5.14. The van der Waals surface area contributed by atoms with E-state index in [1.165, 1.54) is 23.7 Å². The van der Waals surface area contributed by atoms with Crippen molar-refractivity contribution in [3.05, 3.63) is 52.5 Å². The SMILES string of the molecule is CN.Cc1ccccc1-c1cc(Cl)cc2c1OCCC2. The average Bonchev–Trinajstić information content (AvgIpc) is 2.49. The van der Waals surface area contributed by atoms with Crippen molar-refractivity contribution in [2.75, 3.05) is 13.7 Å². The number of hydrogen-bond donors (Lipinski definition) is 1. The van der Waals surface area contributed by atoms with Crippen LogP contribution in [-0.4, -0.2) is 13.7 Å². The van der Waals surface area contributed by atoms with Crippen molar-refractivity contribution < 1.29 is 4.74 Å². The fourth-order valence-electron chi connectivity index (χ4n) is 2.52. The Morgan fingerprint density at radius 2 is 1.85 bits per heavy atom. The Morgan fingerprint density at radius 1 is 1.10 bits per heavy atom. The molecule has 2 N–H and O–H groups in total. The molecule has 20 heavy (non-hydrogen) atoms. The standard InChI is InChI=1S/C16H15ClO.CH5N/c1-11-5-2-3-7-14(11)15-10-13(17)9-12-6-4-8-18-16(12)15;1-2/h2-3,5,7,9-10H,4,6,8H2,1H3;2H2,1H3. The van der Waals surface area contributed by atoms with Gasteiger partial charge in [-0.3, -0.25) is 0 Å². The van der Waals surface area contributed by atoms with E-state index >= 15 is 0 Å². The number of hydrogen-bond acceptors (Lipinski definition) is 2. The van der Waals surface area contributed by atoms with Crippen LogP contribution in [0.15, 0.2) is 36.4 Å². The van der Waals surface area contributed by atoms with Gasteiger partial charge in [0.05, 0.1) is 6.61 Å². The molecule has 2 aromatic rings. The first-order valence-electron chi connectivity index (χ1n) is 6.84. The quantitative estimate of drug-likeness (QED) is 0.853. The van der Waals surface area contributed by atoms with E-state index in [4.69, 9.17) is 16.3 Å². The number of rotatable bonds is 1. The fourth-order valence-corrected chi connectivity index (χ4v) is 2.76. The zero-order chi connectivity index (χ0) is 14.5. The molecule has 3 rings (SSSR count). The molecule has 0 saturated carbocycles. The van der Waals surface area contributed by atoms with E-state index in [-0.39, 0.29) is 0 Å². The molecule has 0 fully saturated rings. The topological polar surface area (TPSA) is 35.2 Å². The highest BCUT2D eigenvalue weighted by molar-refractivity contribution is 6.31. The molecule has 106 valence electrons. The van der Waals surface area contributed by atoms with Crippen molar-refractivity contribution in [2.45, 2.75) is 19.8 Å². The van der Waals surface area contributed by atoms with Crippen LogP contribution < -0.4 is 10.5 Å². The number of benzene rings is 2. The normalized spacial score (nSPS) is 12.8. The van der Waals surface area contributed by atoms with Crippen molar-refractivity contribution in [3.8, 4) is 16.9 Å². The van der Waals surface area contributed by atoms with Crippen molar-refractivity contribution in [3.63, 3.8) is 0 Å². The van der Waals surface area contributed by atoms with Gasteiger partial charge >= 0.3 is 0 Å². The molecular formula is C17H20ClNO. The van der Waals surface area contributed by atoms with Crippen LogP contribution in [0.4, 0.5) is 0 Å². The largest absolute Gasteiger partial charge is 0.493 e. The molecule has 1 heterocycles. The Kier molecular flexibility index (Phi) is 5.05. The van der Waals surface area contributed by atoms with Gasteiger partial charge in [0.15, 0.2) is 0 Å². The minimum Gasteiger partial charge on any atom is -0.493 e. The van der Waals surface area contributed by atoms with Crippen molar-refractivity contribution in [1.82, 2.24) is 0 Å². The van der Waals surface area contributed by atoms with Crippen molar-refractivity contribution >= 4 is 11.6 Å². The molecule has 0 spiro atoms. The smallest absolute Gasteiger partial charge is 0.130 e. The first-order chi connectivity index (χ1) is 9.75. The zero-order valence-electron chi connectivity index (χ0n) is 11.9. The van der Waals surface area contributed by atoms with Gasteiger partial charge in [-0.2, -0.15) is 0 Å². The Morgan fingerprint density at radius 3 is 2.60 bits per heavy atom. The number of nitrogens with two attached hydrogens (primary N) is 1.